The number of carbonyl (C=O) groups is 2. The molecule has 1 fully saturated rings. The lowest BCUT2D eigenvalue weighted by Gasteiger charge is -2.34. The molecule has 3 rings (SSSR count). The Morgan fingerprint density at radius 2 is 2.00 bits per heavy atom. The molecule has 0 spiro atoms. The summed E-state index contributed by atoms with van der Waals surface area (Å²) in [5.74, 6) is 1.05. The molecule has 0 bridgehead atoms. The minimum absolute atomic E-state index is 0.0295. The summed E-state index contributed by atoms with van der Waals surface area (Å²) in [6, 6.07) is 4.76. The smallest absolute Gasteiger partial charge is 0.250 e. The van der Waals surface area contributed by atoms with E-state index in [-0.39, 0.29) is 31.1 Å². The van der Waals surface area contributed by atoms with Gasteiger partial charge in [-0.2, -0.15) is 0 Å². The monoisotopic (exact) mass is 276 g/mol. The molecule has 2 amide bonds. The SMILES string of the molecule is CC(C)C1NC(=O)CN(c2ccc3c(c2)OCO3)C1=O. The first kappa shape index (κ1) is 12.8. The number of nitrogens with one attached hydrogen (secondary N) is 1. The van der Waals surface area contributed by atoms with Crippen LogP contribution in [-0.4, -0.2) is 31.2 Å². The number of anilines is 1. The van der Waals surface area contributed by atoms with Crippen molar-refractivity contribution < 1.29 is 19.1 Å². The van der Waals surface area contributed by atoms with Crippen LogP contribution in [0, 0.1) is 5.92 Å². The van der Waals surface area contributed by atoms with Crippen LogP contribution in [0.15, 0.2) is 18.2 Å². The van der Waals surface area contributed by atoms with Crippen molar-refractivity contribution in [2.45, 2.75) is 19.9 Å². The van der Waals surface area contributed by atoms with Crippen LogP contribution in [0.25, 0.3) is 0 Å². The van der Waals surface area contributed by atoms with Gasteiger partial charge in [0.25, 0.3) is 0 Å². The van der Waals surface area contributed by atoms with Crippen LogP contribution < -0.4 is 19.7 Å². The molecule has 6 nitrogen and oxygen atoms in total. The highest BCUT2D eigenvalue weighted by atomic mass is 16.7. The highest BCUT2D eigenvalue weighted by Crippen LogP contribution is 2.36. The zero-order chi connectivity index (χ0) is 14.3. The number of ether oxygens (including phenoxy) is 2. The van der Waals surface area contributed by atoms with E-state index >= 15 is 0 Å². The maximum absolute atomic E-state index is 12.5. The summed E-state index contributed by atoms with van der Waals surface area (Å²) in [6.07, 6.45) is 0. The molecule has 1 N–H and O–H groups in total. The molecule has 0 aliphatic carbocycles. The molecular weight excluding hydrogens is 260 g/mol. The third-order valence-corrected chi connectivity index (χ3v) is 3.48. The number of nitrogens with zero attached hydrogens (tertiary/aromatic N) is 1. The topological polar surface area (TPSA) is 67.9 Å². The molecule has 2 aliphatic rings. The fourth-order valence-corrected chi connectivity index (χ4v) is 2.39. The van der Waals surface area contributed by atoms with E-state index in [1.165, 1.54) is 4.90 Å². The summed E-state index contributed by atoms with van der Waals surface area (Å²) < 4.78 is 10.5. The van der Waals surface area contributed by atoms with E-state index in [1.807, 2.05) is 13.8 Å². The molecule has 0 aromatic heterocycles. The summed E-state index contributed by atoms with van der Waals surface area (Å²) in [7, 11) is 0. The van der Waals surface area contributed by atoms with Gasteiger partial charge in [0, 0.05) is 11.8 Å². The van der Waals surface area contributed by atoms with Gasteiger partial charge in [-0.1, -0.05) is 13.8 Å². The Balaban J connectivity index is 1.92. The molecule has 2 heterocycles. The predicted molar refractivity (Wildman–Crippen MR) is 71.7 cm³/mol. The number of benzene rings is 1. The summed E-state index contributed by atoms with van der Waals surface area (Å²) in [5, 5.41) is 2.73. The zero-order valence-electron chi connectivity index (χ0n) is 11.4. The van der Waals surface area contributed by atoms with Gasteiger partial charge in [0.2, 0.25) is 18.6 Å². The minimum Gasteiger partial charge on any atom is -0.454 e. The molecule has 1 atom stereocenters. The average Bonchev–Trinajstić information content (AvgIpc) is 2.87. The molecule has 1 aromatic rings. The third-order valence-electron chi connectivity index (χ3n) is 3.48. The number of rotatable bonds is 2. The van der Waals surface area contributed by atoms with E-state index in [2.05, 4.69) is 5.32 Å². The zero-order valence-corrected chi connectivity index (χ0v) is 11.4. The Morgan fingerprint density at radius 3 is 2.75 bits per heavy atom. The number of amides is 2. The van der Waals surface area contributed by atoms with Gasteiger partial charge in [0.1, 0.15) is 12.6 Å². The summed E-state index contributed by atoms with van der Waals surface area (Å²) in [4.78, 5) is 25.7. The van der Waals surface area contributed by atoms with E-state index in [4.69, 9.17) is 9.47 Å². The van der Waals surface area contributed by atoms with Crippen molar-refractivity contribution in [3.05, 3.63) is 18.2 Å². The molecule has 1 saturated heterocycles. The van der Waals surface area contributed by atoms with E-state index in [9.17, 15) is 9.59 Å². The standard InChI is InChI=1S/C14H16N2O4/c1-8(2)13-14(18)16(6-12(17)15-13)9-3-4-10-11(5-9)20-7-19-10/h3-5,8,13H,6-7H2,1-2H3,(H,15,17). The molecule has 6 heteroatoms. The second kappa shape index (κ2) is 4.70. The van der Waals surface area contributed by atoms with Gasteiger partial charge in [-0.05, 0) is 18.1 Å². The number of hydrogen-bond donors (Lipinski definition) is 1. The largest absolute Gasteiger partial charge is 0.454 e. The first-order valence-electron chi connectivity index (χ1n) is 6.56. The fourth-order valence-electron chi connectivity index (χ4n) is 2.39. The van der Waals surface area contributed by atoms with E-state index in [0.717, 1.165) is 0 Å². The Kier molecular flexibility index (Phi) is 3.00. The van der Waals surface area contributed by atoms with E-state index < -0.39 is 6.04 Å². The maximum atomic E-state index is 12.5. The van der Waals surface area contributed by atoms with Crippen molar-refractivity contribution >= 4 is 17.5 Å². The summed E-state index contributed by atoms with van der Waals surface area (Å²) in [6.45, 7) is 4.03. The van der Waals surface area contributed by atoms with Crippen LogP contribution in [0.2, 0.25) is 0 Å². The molecule has 1 aromatic carbocycles. The molecule has 20 heavy (non-hydrogen) atoms. The van der Waals surface area contributed by atoms with Crippen molar-refractivity contribution in [2.24, 2.45) is 5.92 Å². The highest BCUT2D eigenvalue weighted by Gasteiger charge is 2.35. The van der Waals surface area contributed by atoms with Crippen molar-refractivity contribution in [2.75, 3.05) is 18.2 Å². The van der Waals surface area contributed by atoms with Crippen molar-refractivity contribution in [3.63, 3.8) is 0 Å². The Morgan fingerprint density at radius 1 is 1.25 bits per heavy atom. The van der Waals surface area contributed by atoms with E-state index in [0.29, 0.717) is 17.2 Å². The van der Waals surface area contributed by atoms with Crippen molar-refractivity contribution in [1.29, 1.82) is 0 Å². The second-order valence-electron chi connectivity index (χ2n) is 5.25. The fraction of sp³-hybridized carbons (Fsp3) is 0.429. The maximum Gasteiger partial charge on any atom is 0.250 e. The number of hydrogen-bond acceptors (Lipinski definition) is 4. The predicted octanol–water partition coefficient (Wildman–Crippen LogP) is 0.903. The van der Waals surface area contributed by atoms with Crippen LogP contribution in [0.4, 0.5) is 5.69 Å². The lowest BCUT2D eigenvalue weighted by Crippen LogP contribution is -2.60. The molecule has 1 unspecified atom stereocenters. The lowest BCUT2D eigenvalue weighted by atomic mass is 10.0. The van der Waals surface area contributed by atoms with Gasteiger partial charge < -0.3 is 19.7 Å². The lowest BCUT2D eigenvalue weighted by molar-refractivity contribution is -0.132. The Bertz CT molecular complexity index is 570. The van der Waals surface area contributed by atoms with E-state index in [1.54, 1.807) is 18.2 Å². The van der Waals surface area contributed by atoms with Crippen LogP contribution in [-0.2, 0) is 9.59 Å². The molecule has 2 aliphatic heterocycles. The Hall–Kier alpha value is -2.24. The molecule has 0 saturated carbocycles. The van der Waals surface area contributed by atoms with Crippen LogP contribution in [0.3, 0.4) is 0 Å². The van der Waals surface area contributed by atoms with Gasteiger partial charge in [0.15, 0.2) is 11.5 Å². The van der Waals surface area contributed by atoms with Gasteiger partial charge in [-0.15, -0.1) is 0 Å². The first-order chi connectivity index (χ1) is 9.56. The Labute approximate surface area is 116 Å². The number of piperazine rings is 1. The van der Waals surface area contributed by atoms with Crippen molar-refractivity contribution in [1.82, 2.24) is 5.32 Å². The highest BCUT2D eigenvalue weighted by molar-refractivity contribution is 6.06. The second-order valence-corrected chi connectivity index (χ2v) is 5.25. The number of fused-ring (bicyclic) bond motifs is 1. The minimum atomic E-state index is -0.485. The van der Waals surface area contributed by atoms with Crippen molar-refractivity contribution in [3.8, 4) is 11.5 Å². The van der Waals surface area contributed by atoms with Gasteiger partial charge in [-0.25, -0.2) is 0 Å². The molecule has 106 valence electrons. The third kappa shape index (κ3) is 2.07. The molecular formula is C14H16N2O4. The summed E-state index contributed by atoms with van der Waals surface area (Å²) in [5.41, 5.74) is 0.653. The van der Waals surface area contributed by atoms with Gasteiger partial charge >= 0.3 is 0 Å². The summed E-state index contributed by atoms with van der Waals surface area (Å²) >= 11 is 0. The van der Waals surface area contributed by atoms with Crippen LogP contribution >= 0.6 is 0 Å². The average molecular weight is 276 g/mol. The van der Waals surface area contributed by atoms with Crippen LogP contribution in [0.1, 0.15) is 13.8 Å². The molecule has 0 radical (unpaired) electrons. The quantitative estimate of drug-likeness (QED) is 0.871. The number of carbonyl (C=O) groups excluding carboxylic acids is 2. The first-order valence-corrected chi connectivity index (χ1v) is 6.56. The van der Waals surface area contributed by atoms with Gasteiger partial charge in [-0.3, -0.25) is 9.59 Å². The van der Waals surface area contributed by atoms with Crippen LogP contribution in [0.5, 0.6) is 11.5 Å². The normalized spacial score (nSPS) is 21.4. The van der Waals surface area contributed by atoms with Gasteiger partial charge in [0.05, 0.1) is 0 Å².